The van der Waals surface area contributed by atoms with Gasteiger partial charge < -0.3 is 20.5 Å². The summed E-state index contributed by atoms with van der Waals surface area (Å²) in [6, 6.07) is 7.50. The predicted octanol–water partition coefficient (Wildman–Crippen LogP) is 3.10. The van der Waals surface area contributed by atoms with Gasteiger partial charge in [0, 0.05) is 12.8 Å². The zero-order valence-corrected chi connectivity index (χ0v) is 15.7. The van der Waals surface area contributed by atoms with Crippen LogP contribution in [0, 0.1) is 5.41 Å². The van der Waals surface area contributed by atoms with Crippen molar-refractivity contribution in [2.24, 2.45) is 16.1 Å². The molecule has 1 aromatic rings. The Kier molecular flexibility index (Phi) is 8.65. The minimum atomic E-state index is 0. The lowest BCUT2D eigenvalue weighted by atomic mass is 9.89. The molecule has 3 N–H and O–H groups in total. The molecule has 0 amide bonds. The number of methoxy groups -OCH3 is 2. The van der Waals surface area contributed by atoms with E-state index >= 15 is 0 Å². The first kappa shape index (κ1) is 20.0. The number of nitrogens with zero attached hydrogens (tertiary/aromatic N) is 1. The Labute approximate surface area is 144 Å². The van der Waals surface area contributed by atoms with Gasteiger partial charge in [0.25, 0.3) is 0 Å². The fourth-order valence-electron chi connectivity index (χ4n) is 1.74. The van der Waals surface area contributed by atoms with Crippen molar-refractivity contribution < 1.29 is 9.47 Å². The molecule has 0 spiro atoms. The molecule has 0 aliphatic rings. The second kappa shape index (κ2) is 9.09. The molecule has 1 aromatic carbocycles. The van der Waals surface area contributed by atoms with Gasteiger partial charge in [0.05, 0.1) is 19.8 Å². The summed E-state index contributed by atoms with van der Waals surface area (Å²) in [5.41, 5.74) is 6.77. The first-order chi connectivity index (χ1) is 9.36. The molecule has 0 aromatic heterocycles. The number of guanidine groups is 1. The largest absolute Gasteiger partial charge is 0.497 e. The van der Waals surface area contributed by atoms with E-state index in [0.717, 1.165) is 11.4 Å². The molecule has 6 heteroatoms. The van der Waals surface area contributed by atoms with Crippen LogP contribution in [0.15, 0.2) is 29.3 Å². The van der Waals surface area contributed by atoms with Gasteiger partial charge in [-0.25, -0.2) is 0 Å². The van der Waals surface area contributed by atoms with Crippen molar-refractivity contribution in [3.05, 3.63) is 24.3 Å². The highest BCUT2D eigenvalue weighted by Gasteiger charge is 2.23. The lowest BCUT2D eigenvalue weighted by molar-refractivity contribution is 0.0242. The van der Waals surface area contributed by atoms with Gasteiger partial charge >= 0.3 is 0 Å². The number of hydrogen-bond donors (Lipinski definition) is 2. The molecule has 0 saturated heterocycles. The Hall–Kier alpha value is -1.02. The van der Waals surface area contributed by atoms with Crippen molar-refractivity contribution >= 4 is 35.6 Å². The van der Waals surface area contributed by atoms with Crippen LogP contribution in [0.1, 0.15) is 20.8 Å². The molecule has 0 fully saturated rings. The summed E-state index contributed by atoms with van der Waals surface area (Å²) in [6.45, 7) is 6.87. The van der Waals surface area contributed by atoms with Crippen molar-refractivity contribution in [2.45, 2.75) is 26.9 Å². The molecule has 1 unspecified atom stereocenters. The third-order valence-electron chi connectivity index (χ3n) is 3.04. The maximum absolute atomic E-state index is 5.87. The van der Waals surface area contributed by atoms with Crippen molar-refractivity contribution in [2.75, 3.05) is 26.1 Å². The van der Waals surface area contributed by atoms with E-state index in [0.29, 0.717) is 12.5 Å². The molecule has 0 saturated carbocycles. The van der Waals surface area contributed by atoms with Crippen LogP contribution in [0.25, 0.3) is 0 Å². The second-order valence-electron chi connectivity index (χ2n) is 5.67. The second-order valence-corrected chi connectivity index (χ2v) is 5.67. The quantitative estimate of drug-likeness (QED) is 0.447. The summed E-state index contributed by atoms with van der Waals surface area (Å²) in [5.74, 6) is 1.18. The molecule has 21 heavy (non-hydrogen) atoms. The zero-order valence-electron chi connectivity index (χ0n) is 13.3. The van der Waals surface area contributed by atoms with E-state index in [9.17, 15) is 0 Å². The van der Waals surface area contributed by atoms with E-state index in [4.69, 9.17) is 15.2 Å². The summed E-state index contributed by atoms with van der Waals surface area (Å²) < 4.78 is 10.5. The summed E-state index contributed by atoms with van der Waals surface area (Å²) in [4.78, 5) is 4.33. The molecular formula is C15H26IN3O2. The first-order valence-corrected chi connectivity index (χ1v) is 6.60. The zero-order chi connectivity index (χ0) is 15.2. The van der Waals surface area contributed by atoms with E-state index in [1.807, 2.05) is 24.3 Å². The van der Waals surface area contributed by atoms with Gasteiger partial charge in [-0.05, 0) is 29.7 Å². The fourth-order valence-corrected chi connectivity index (χ4v) is 1.74. The van der Waals surface area contributed by atoms with Crippen molar-refractivity contribution in [3.8, 4) is 5.75 Å². The molecule has 0 bridgehead atoms. The number of anilines is 1. The van der Waals surface area contributed by atoms with Gasteiger partial charge in [0.15, 0.2) is 5.96 Å². The summed E-state index contributed by atoms with van der Waals surface area (Å²) in [5, 5.41) is 3.04. The highest BCUT2D eigenvalue weighted by Crippen LogP contribution is 2.22. The van der Waals surface area contributed by atoms with Crippen LogP contribution in [0.5, 0.6) is 5.75 Å². The molecule has 5 nitrogen and oxygen atoms in total. The van der Waals surface area contributed by atoms with Gasteiger partial charge in [0.2, 0.25) is 0 Å². The van der Waals surface area contributed by atoms with E-state index in [-0.39, 0.29) is 35.5 Å². The van der Waals surface area contributed by atoms with Crippen LogP contribution >= 0.6 is 24.0 Å². The van der Waals surface area contributed by atoms with Gasteiger partial charge in [-0.1, -0.05) is 20.8 Å². The number of nitrogens with two attached hydrogens (primary N) is 1. The molecule has 0 radical (unpaired) electrons. The minimum Gasteiger partial charge on any atom is -0.497 e. The van der Waals surface area contributed by atoms with Gasteiger partial charge in [0.1, 0.15) is 5.75 Å². The topological polar surface area (TPSA) is 68.9 Å². The Morgan fingerprint density at radius 2 is 1.81 bits per heavy atom. The molecule has 120 valence electrons. The average molecular weight is 407 g/mol. The van der Waals surface area contributed by atoms with Crippen molar-refractivity contribution in [1.29, 1.82) is 0 Å². The molecule has 0 aliphatic heterocycles. The normalized spacial score (nSPS) is 13.3. The van der Waals surface area contributed by atoms with Gasteiger partial charge in [-0.3, -0.25) is 4.99 Å². The Bertz CT molecular complexity index is 441. The van der Waals surface area contributed by atoms with Crippen molar-refractivity contribution in [3.63, 3.8) is 0 Å². The van der Waals surface area contributed by atoms with Gasteiger partial charge in [-0.2, -0.15) is 0 Å². The van der Waals surface area contributed by atoms with Gasteiger partial charge in [-0.15, -0.1) is 24.0 Å². The first-order valence-electron chi connectivity index (χ1n) is 6.60. The maximum atomic E-state index is 5.87. The number of hydrogen-bond acceptors (Lipinski definition) is 3. The number of benzene rings is 1. The van der Waals surface area contributed by atoms with Crippen LogP contribution in [-0.2, 0) is 4.74 Å². The van der Waals surface area contributed by atoms with E-state index in [2.05, 4.69) is 31.1 Å². The lowest BCUT2D eigenvalue weighted by Gasteiger charge is -2.27. The third kappa shape index (κ3) is 6.99. The molecule has 0 aliphatic carbocycles. The van der Waals surface area contributed by atoms with Crippen LogP contribution in [0.2, 0.25) is 0 Å². The van der Waals surface area contributed by atoms with Crippen LogP contribution < -0.4 is 15.8 Å². The average Bonchev–Trinajstić information content (AvgIpc) is 2.38. The number of aliphatic imine (C=N–C) groups is 1. The Morgan fingerprint density at radius 1 is 1.24 bits per heavy atom. The number of nitrogens with one attached hydrogen (secondary N) is 1. The predicted molar refractivity (Wildman–Crippen MR) is 98.8 cm³/mol. The SMILES string of the molecule is COc1ccc(NC(N)=NCC(OC)C(C)(C)C)cc1.I. The van der Waals surface area contributed by atoms with E-state index in [1.165, 1.54) is 0 Å². The van der Waals surface area contributed by atoms with Crippen LogP contribution in [0.4, 0.5) is 5.69 Å². The maximum Gasteiger partial charge on any atom is 0.193 e. The summed E-state index contributed by atoms with van der Waals surface area (Å²) in [6.07, 6.45) is 0.0266. The number of halogens is 1. The Morgan fingerprint density at radius 3 is 2.24 bits per heavy atom. The fraction of sp³-hybridized carbons (Fsp3) is 0.533. The highest BCUT2D eigenvalue weighted by molar-refractivity contribution is 14.0. The Balaban J connectivity index is 0.00000400. The number of rotatable bonds is 5. The smallest absolute Gasteiger partial charge is 0.193 e. The highest BCUT2D eigenvalue weighted by atomic mass is 127. The molecule has 1 rings (SSSR count). The van der Waals surface area contributed by atoms with Crippen LogP contribution in [-0.4, -0.2) is 32.8 Å². The number of ether oxygens (including phenoxy) is 2. The van der Waals surface area contributed by atoms with E-state index < -0.39 is 0 Å². The molecular weight excluding hydrogens is 381 g/mol. The lowest BCUT2D eigenvalue weighted by Crippen LogP contribution is -2.33. The summed E-state index contributed by atoms with van der Waals surface area (Å²) >= 11 is 0. The monoisotopic (exact) mass is 407 g/mol. The molecule has 0 heterocycles. The van der Waals surface area contributed by atoms with Crippen molar-refractivity contribution in [1.82, 2.24) is 0 Å². The van der Waals surface area contributed by atoms with Crippen LogP contribution in [0.3, 0.4) is 0 Å². The standard InChI is InChI=1S/C15H25N3O2.HI/c1-15(2,3)13(20-5)10-17-14(16)18-11-6-8-12(19-4)9-7-11;/h6-9,13H,10H2,1-5H3,(H3,16,17,18);1H. The minimum absolute atomic E-state index is 0. The third-order valence-corrected chi connectivity index (χ3v) is 3.04. The molecule has 1 atom stereocenters. The summed E-state index contributed by atoms with van der Waals surface area (Å²) in [7, 11) is 3.33. The van der Waals surface area contributed by atoms with E-state index in [1.54, 1.807) is 14.2 Å².